The summed E-state index contributed by atoms with van der Waals surface area (Å²) in [5.74, 6) is 0. The fraction of sp³-hybridized carbons (Fsp3) is 0.533. The number of likely N-dealkylation sites (N-methyl/N-ethyl adjacent to an activating group) is 1. The van der Waals surface area contributed by atoms with Crippen LogP contribution in [0.4, 0.5) is 4.79 Å². The molecule has 100 valence electrons. The van der Waals surface area contributed by atoms with Crippen molar-refractivity contribution in [3.63, 3.8) is 0 Å². The Morgan fingerprint density at radius 1 is 1.28 bits per heavy atom. The van der Waals surface area contributed by atoms with Gasteiger partial charge < -0.3 is 9.64 Å². The van der Waals surface area contributed by atoms with Gasteiger partial charge in [0.05, 0.1) is 0 Å². The number of carbonyl (C=O) groups excluding carboxylic acids is 1. The van der Waals surface area contributed by atoms with E-state index in [0.717, 1.165) is 6.42 Å². The molecule has 0 N–H and O–H groups in total. The molecule has 1 aromatic carbocycles. The van der Waals surface area contributed by atoms with Gasteiger partial charge in [0.1, 0.15) is 5.60 Å². The highest BCUT2D eigenvalue weighted by Crippen LogP contribution is 2.13. The zero-order valence-electron chi connectivity index (χ0n) is 11.9. The monoisotopic (exact) mass is 249 g/mol. The van der Waals surface area contributed by atoms with Gasteiger partial charge in [-0.05, 0) is 39.7 Å². The molecule has 3 nitrogen and oxygen atoms in total. The molecule has 0 fully saturated rings. The molecule has 0 aliphatic rings. The normalized spacial score (nSPS) is 12.9. The van der Waals surface area contributed by atoms with Crippen LogP contribution in [0.2, 0.25) is 0 Å². The van der Waals surface area contributed by atoms with Crippen LogP contribution in [0.3, 0.4) is 0 Å². The van der Waals surface area contributed by atoms with Crippen molar-refractivity contribution in [1.82, 2.24) is 4.90 Å². The van der Waals surface area contributed by atoms with Gasteiger partial charge in [-0.15, -0.1) is 0 Å². The quantitative estimate of drug-likeness (QED) is 0.820. The minimum Gasteiger partial charge on any atom is -0.444 e. The number of hydrogen-bond acceptors (Lipinski definition) is 2. The number of benzene rings is 1. The maximum atomic E-state index is 11.9. The number of ether oxygens (including phenoxy) is 1. The first-order valence-corrected chi connectivity index (χ1v) is 6.29. The van der Waals surface area contributed by atoms with Gasteiger partial charge in [-0.1, -0.05) is 30.3 Å². The predicted octanol–water partition coefficient (Wildman–Crippen LogP) is 3.48. The van der Waals surface area contributed by atoms with Crippen molar-refractivity contribution in [1.29, 1.82) is 0 Å². The first kappa shape index (κ1) is 14.6. The van der Waals surface area contributed by atoms with E-state index in [0.29, 0.717) is 0 Å². The lowest BCUT2D eigenvalue weighted by Gasteiger charge is -2.28. The number of nitrogens with zero attached hydrogens (tertiary/aromatic N) is 1. The van der Waals surface area contributed by atoms with E-state index in [1.54, 1.807) is 11.9 Å². The molecular weight excluding hydrogens is 226 g/mol. The third-order valence-electron chi connectivity index (χ3n) is 2.72. The van der Waals surface area contributed by atoms with Crippen molar-refractivity contribution in [2.45, 2.75) is 45.8 Å². The maximum absolute atomic E-state index is 11.9. The van der Waals surface area contributed by atoms with Crippen molar-refractivity contribution in [3.8, 4) is 0 Å². The number of carbonyl (C=O) groups is 1. The Hall–Kier alpha value is -1.51. The molecule has 0 aliphatic carbocycles. The molecule has 0 spiro atoms. The average molecular weight is 249 g/mol. The van der Waals surface area contributed by atoms with Crippen LogP contribution < -0.4 is 0 Å². The summed E-state index contributed by atoms with van der Waals surface area (Å²) in [6.07, 6.45) is 0.558. The summed E-state index contributed by atoms with van der Waals surface area (Å²) in [6.45, 7) is 7.65. The SMILES string of the molecule is CC(Cc1ccccc1)N(C)C(=O)OC(C)(C)C. The second kappa shape index (κ2) is 5.89. The lowest BCUT2D eigenvalue weighted by Crippen LogP contribution is -2.40. The van der Waals surface area contributed by atoms with E-state index in [9.17, 15) is 4.79 Å². The van der Waals surface area contributed by atoms with E-state index in [4.69, 9.17) is 4.74 Å². The summed E-state index contributed by atoms with van der Waals surface area (Å²) in [4.78, 5) is 13.5. The second-order valence-corrected chi connectivity index (χ2v) is 5.63. The van der Waals surface area contributed by atoms with E-state index in [-0.39, 0.29) is 12.1 Å². The molecule has 0 aromatic heterocycles. The Balaban J connectivity index is 2.56. The molecule has 0 heterocycles. The van der Waals surface area contributed by atoms with E-state index in [1.165, 1.54) is 5.56 Å². The van der Waals surface area contributed by atoms with Gasteiger partial charge in [0.25, 0.3) is 0 Å². The highest BCUT2D eigenvalue weighted by Gasteiger charge is 2.22. The Labute approximate surface area is 110 Å². The molecule has 0 aliphatic heterocycles. The van der Waals surface area contributed by atoms with Gasteiger partial charge in [0.15, 0.2) is 0 Å². The Morgan fingerprint density at radius 2 is 1.83 bits per heavy atom. The molecule has 0 radical (unpaired) electrons. The van der Waals surface area contributed by atoms with Crippen LogP contribution in [0.5, 0.6) is 0 Å². The highest BCUT2D eigenvalue weighted by molar-refractivity contribution is 5.68. The largest absolute Gasteiger partial charge is 0.444 e. The van der Waals surface area contributed by atoms with Crippen LogP contribution in [0.15, 0.2) is 30.3 Å². The third-order valence-corrected chi connectivity index (χ3v) is 2.72. The number of rotatable bonds is 3. The second-order valence-electron chi connectivity index (χ2n) is 5.63. The van der Waals surface area contributed by atoms with Crippen molar-refractivity contribution in [2.24, 2.45) is 0 Å². The topological polar surface area (TPSA) is 29.5 Å². The summed E-state index contributed by atoms with van der Waals surface area (Å²) in [6, 6.07) is 10.3. The van der Waals surface area contributed by atoms with Crippen LogP contribution in [-0.4, -0.2) is 29.7 Å². The van der Waals surface area contributed by atoms with E-state index < -0.39 is 5.60 Å². The molecule has 1 rings (SSSR count). The van der Waals surface area contributed by atoms with Gasteiger partial charge in [-0.2, -0.15) is 0 Å². The minimum atomic E-state index is -0.447. The van der Waals surface area contributed by atoms with Crippen molar-refractivity contribution in [3.05, 3.63) is 35.9 Å². The predicted molar refractivity (Wildman–Crippen MR) is 73.6 cm³/mol. The molecule has 1 unspecified atom stereocenters. The molecule has 3 heteroatoms. The molecule has 1 aromatic rings. The zero-order chi connectivity index (χ0) is 13.8. The van der Waals surface area contributed by atoms with Crippen LogP contribution >= 0.6 is 0 Å². The first-order valence-electron chi connectivity index (χ1n) is 6.29. The lowest BCUT2D eigenvalue weighted by molar-refractivity contribution is 0.0236. The molecular formula is C15H23NO2. The highest BCUT2D eigenvalue weighted by atomic mass is 16.6. The molecule has 1 atom stereocenters. The minimum absolute atomic E-state index is 0.113. The zero-order valence-corrected chi connectivity index (χ0v) is 11.9. The summed E-state index contributed by atoms with van der Waals surface area (Å²) in [5.41, 5.74) is 0.776. The fourth-order valence-corrected chi connectivity index (χ4v) is 1.61. The van der Waals surface area contributed by atoms with Crippen LogP contribution in [-0.2, 0) is 11.2 Å². The van der Waals surface area contributed by atoms with Crippen molar-refractivity contribution in [2.75, 3.05) is 7.05 Å². The van der Waals surface area contributed by atoms with Crippen LogP contribution in [0, 0.1) is 0 Å². The summed E-state index contributed by atoms with van der Waals surface area (Å²) in [5, 5.41) is 0. The summed E-state index contributed by atoms with van der Waals surface area (Å²) >= 11 is 0. The van der Waals surface area contributed by atoms with Gasteiger partial charge in [-0.25, -0.2) is 4.79 Å². The van der Waals surface area contributed by atoms with Crippen molar-refractivity contribution < 1.29 is 9.53 Å². The fourth-order valence-electron chi connectivity index (χ4n) is 1.61. The molecule has 0 saturated heterocycles. The Bertz CT molecular complexity index is 381. The number of hydrogen-bond donors (Lipinski definition) is 0. The van der Waals surface area contributed by atoms with E-state index >= 15 is 0 Å². The smallest absolute Gasteiger partial charge is 0.410 e. The Morgan fingerprint density at radius 3 is 2.33 bits per heavy atom. The van der Waals surface area contributed by atoms with Gasteiger partial charge >= 0.3 is 6.09 Å². The van der Waals surface area contributed by atoms with E-state index in [1.807, 2.05) is 45.9 Å². The van der Waals surface area contributed by atoms with Gasteiger partial charge in [0, 0.05) is 13.1 Å². The van der Waals surface area contributed by atoms with Crippen LogP contribution in [0.25, 0.3) is 0 Å². The van der Waals surface area contributed by atoms with Crippen LogP contribution in [0.1, 0.15) is 33.3 Å². The third kappa shape index (κ3) is 4.78. The van der Waals surface area contributed by atoms with Gasteiger partial charge in [0.2, 0.25) is 0 Å². The molecule has 0 saturated carbocycles. The van der Waals surface area contributed by atoms with Crippen molar-refractivity contribution >= 4 is 6.09 Å². The van der Waals surface area contributed by atoms with Gasteiger partial charge in [-0.3, -0.25) is 0 Å². The average Bonchev–Trinajstić information content (AvgIpc) is 2.27. The standard InChI is InChI=1S/C15H23NO2/c1-12(11-13-9-7-6-8-10-13)16(5)14(17)18-15(2,3)4/h6-10,12H,11H2,1-5H3. The summed E-state index contributed by atoms with van der Waals surface area (Å²) < 4.78 is 5.35. The first-order chi connectivity index (χ1) is 8.29. The number of amides is 1. The maximum Gasteiger partial charge on any atom is 0.410 e. The molecule has 18 heavy (non-hydrogen) atoms. The Kier molecular flexibility index (Phi) is 4.76. The molecule has 0 bridgehead atoms. The molecule has 1 amide bonds. The van der Waals surface area contributed by atoms with E-state index in [2.05, 4.69) is 12.1 Å². The lowest BCUT2D eigenvalue weighted by atomic mass is 10.1. The summed E-state index contributed by atoms with van der Waals surface area (Å²) in [7, 11) is 1.78.